The summed E-state index contributed by atoms with van der Waals surface area (Å²) < 4.78 is 5.14. The van der Waals surface area contributed by atoms with Crippen molar-refractivity contribution < 1.29 is 14.6 Å². The van der Waals surface area contributed by atoms with Crippen molar-refractivity contribution in [1.82, 2.24) is 0 Å². The van der Waals surface area contributed by atoms with Crippen LogP contribution in [0.2, 0.25) is 0 Å². The minimum atomic E-state index is -0.985. The van der Waals surface area contributed by atoms with Crippen LogP contribution in [0.3, 0.4) is 0 Å². The number of fused-ring (bicyclic) bond motifs is 1. The van der Waals surface area contributed by atoms with Crippen LogP contribution in [0, 0.1) is 5.41 Å². The first-order valence-electron chi connectivity index (χ1n) is 8.32. The highest BCUT2D eigenvalue weighted by atomic mass is 16.5. The van der Waals surface area contributed by atoms with Crippen LogP contribution >= 0.6 is 0 Å². The average Bonchev–Trinajstić information content (AvgIpc) is 2.64. The van der Waals surface area contributed by atoms with Crippen molar-refractivity contribution >= 4 is 22.6 Å². The summed E-state index contributed by atoms with van der Waals surface area (Å²) in [6.45, 7) is -0.332. The Balaban J connectivity index is 1.64. The van der Waals surface area contributed by atoms with Crippen LogP contribution in [-0.4, -0.2) is 23.5 Å². The van der Waals surface area contributed by atoms with Gasteiger partial charge in [0.05, 0.1) is 0 Å². The monoisotopic (exact) mass is 348 g/mol. The van der Waals surface area contributed by atoms with Crippen LogP contribution < -0.4 is 10.5 Å². The maximum absolute atomic E-state index is 10.5. The average molecular weight is 348 g/mol. The van der Waals surface area contributed by atoms with Crippen LogP contribution in [-0.2, 0) is 17.6 Å². The van der Waals surface area contributed by atoms with Crippen molar-refractivity contribution in [3.05, 3.63) is 77.4 Å². The van der Waals surface area contributed by atoms with Crippen molar-refractivity contribution in [2.45, 2.75) is 12.8 Å². The Morgan fingerprint density at radius 2 is 1.54 bits per heavy atom. The summed E-state index contributed by atoms with van der Waals surface area (Å²) >= 11 is 0. The van der Waals surface area contributed by atoms with Gasteiger partial charge in [-0.1, -0.05) is 42.5 Å². The van der Waals surface area contributed by atoms with E-state index in [0.29, 0.717) is 5.75 Å². The third-order valence-corrected chi connectivity index (χ3v) is 4.20. The summed E-state index contributed by atoms with van der Waals surface area (Å²) in [4.78, 5) is 10.5. The second kappa shape index (κ2) is 7.70. The largest absolute Gasteiger partial charge is 0.482 e. The predicted molar refractivity (Wildman–Crippen MR) is 102 cm³/mol. The summed E-state index contributed by atoms with van der Waals surface area (Å²) in [7, 11) is 0. The molecule has 0 saturated carbocycles. The number of aliphatic carboxylic acids is 1. The Hall–Kier alpha value is -3.34. The first kappa shape index (κ1) is 17.5. The van der Waals surface area contributed by atoms with E-state index in [9.17, 15) is 4.79 Å². The molecule has 0 bridgehead atoms. The number of hydrogen-bond acceptors (Lipinski definition) is 3. The number of nitrogen functional groups attached to an aromatic ring is 1. The van der Waals surface area contributed by atoms with Gasteiger partial charge in [-0.15, -0.1) is 0 Å². The van der Waals surface area contributed by atoms with Crippen molar-refractivity contribution in [3.8, 4) is 5.75 Å². The van der Waals surface area contributed by atoms with Crippen molar-refractivity contribution in [2.24, 2.45) is 5.73 Å². The van der Waals surface area contributed by atoms with Gasteiger partial charge >= 0.3 is 5.97 Å². The van der Waals surface area contributed by atoms with Crippen LogP contribution in [0.25, 0.3) is 10.8 Å². The van der Waals surface area contributed by atoms with Gasteiger partial charge in [-0.05, 0) is 52.9 Å². The Labute approximate surface area is 151 Å². The second-order valence-electron chi connectivity index (χ2n) is 6.14. The number of nitrogens with two attached hydrogens (primary N) is 1. The van der Waals surface area contributed by atoms with Gasteiger partial charge in [0, 0.05) is 5.56 Å². The molecule has 3 aromatic rings. The first-order valence-corrected chi connectivity index (χ1v) is 8.32. The smallest absolute Gasteiger partial charge is 0.341 e. The molecule has 0 unspecified atom stereocenters. The Kier molecular flexibility index (Phi) is 5.17. The Morgan fingerprint density at radius 1 is 0.923 bits per heavy atom. The van der Waals surface area contributed by atoms with Gasteiger partial charge in [0.15, 0.2) is 6.61 Å². The van der Waals surface area contributed by atoms with E-state index in [0.717, 1.165) is 29.2 Å². The van der Waals surface area contributed by atoms with Crippen LogP contribution in [0.15, 0.2) is 60.7 Å². The third-order valence-electron chi connectivity index (χ3n) is 4.20. The number of carbonyl (C=O) groups is 1. The number of benzene rings is 3. The molecule has 0 aliphatic heterocycles. The molecular weight excluding hydrogens is 328 g/mol. The molecule has 5 heteroatoms. The number of aryl methyl sites for hydroxylation is 2. The topological polar surface area (TPSA) is 96.4 Å². The van der Waals surface area contributed by atoms with Crippen molar-refractivity contribution in [2.75, 3.05) is 6.61 Å². The van der Waals surface area contributed by atoms with E-state index in [4.69, 9.17) is 21.0 Å². The summed E-state index contributed by atoms with van der Waals surface area (Å²) in [5, 5.41) is 18.3. The fraction of sp³-hybridized carbons (Fsp3) is 0.143. The molecule has 0 amide bonds. The first-order chi connectivity index (χ1) is 12.5. The van der Waals surface area contributed by atoms with Gasteiger partial charge in [0.1, 0.15) is 11.6 Å². The minimum Gasteiger partial charge on any atom is -0.482 e. The summed E-state index contributed by atoms with van der Waals surface area (Å²) in [5.41, 5.74) is 8.67. The van der Waals surface area contributed by atoms with Crippen LogP contribution in [0.5, 0.6) is 5.75 Å². The summed E-state index contributed by atoms with van der Waals surface area (Å²) in [6.07, 6.45) is 1.79. The maximum atomic E-state index is 10.5. The number of hydrogen-bond donors (Lipinski definition) is 3. The number of nitrogens with one attached hydrogen (secondary N) is 1. The molecule has 132 valence electrons. The Morgan fingerprint density at radius 3 is 2.23 bits per heavy atom. The lowest BCUT2D eigenvalue weighted by Crippen LogP contribution is -2.10. The fourth-order valence-electron chi connectivity index (χ4n) is 2.80. The van der Waals surface area contributed by atoms with Crippen LogP contribution in [0.1, 0.15) is 16.7 Å². The van der Waals surface area contributed by atoms with Crippen molar-refractivity contribution in [3.63, 3.8) is 0 Å². The molecule has 0 radical (unpaired) electrons. The molecule has 0 heterocycles. The van der Waals surface area contributed by atoms with E-state index < -0.39 is 5.97 Å². The second-order valence-corrected chi connectivity index (χ2v) is 6.14. The highest BCUT2D eigenvalue weighted by molar-refractivity contribution is 5.99. The minimum absolute atomic E-state index is 0.0757. The molecule has 3 aromatic carbocycles. The fourth-order valence-corrected chi connectivity index (χ4v) is 2.80. The van der Waals surface area contributed by atoms with E-state index in [1.807, 2.05) is 30.3 Å². The lowest BCUT2D eigenvalue weighted by molar-refractivity contribution is -0.139. The number of ether oxygens (including phenoxy) is 1. The van der Waals surface area contributed by atoms with Gasteiger partial charge in [-0.2, -0.15) is 0 Å². The summed E-state index contributed by atoms with van der Waals surface area (Å²) in [6, 6.07) is 19.6. The zero-order valence-electron chi connectivity index (χ0n) is 14.2. The SMILES string of the molecule is N=C(N)c1ccc2cc(CCc3ccc(OCC(=O)O)cc3)ccc2c1. The molecule has 3 rings (SSSR count). The molecule has 0 aliphatic carbocycles. The molecule has 0 aromatic heterocycles. The maximum Gasteiger partial charge on any atom is 0.341 e. The molecule has 0 spiro atoms. The van der Waals surface area contributed by atoms with E-state index in [2.05, 4.69) is 18.2 Å². The van der Waals surface area contributed by atoms with Crippen molar-refractivity contribution in [1.29, 1.82) is 5.41 Å². The molecule has 4 N–H and O–H groups in total. The van der Waals surface area contributed by atoms with Gasteiger partial charge in [0.25, 0.3) is 0 Å². The number of carboxylic acids is 1. The molecule has 0 atom stereocenters. The standard InChI is InChI=1S/C21H20N2O3/c22-21(23)18-8-7-16-11-15(3-6-17(16)12-18)2-1-14-4-9-19(10-5-14)26-13-20(24)25/h3-12H,1-2,13H2,(H3,22,23)(H,24,25). The molecule has 0 saturated heterocycles. The highest BCUT2D eigenvalue weighted by Crippen LogP contribution is 2.20. The van der Waals surface area contributed by atoms with Crippen LogP contribution in [0.4, 0.5) is 0 Å². The van der Waals surface area contributed by atoms with E-state index in [1.54, 1.807) is 12.1 Å². The highest BCUT2D eigenvalue weighted by Gasteiger charge is 2.03. The number of rotatable bonds is 7. The number of carboxylic acid groups (broad SMARTS) is 1. The van der Waals surface area contributed by atoms with Gasteiger partial charge < -0.3 is 15.6 Å². The van der Waals surface area contributed by atoms with E-state index >= 15 is 0 Å². The molecule has 5 nitrogen and oxygen atoms in total. The van der Waals surface area contributed by atoms with E-state index in [-0.39, 0.29) is 12.4 Å². The van der Waals surface area contributed by atoms with Gasteiger partial charge in [-0.25, -0.2) is 4.79 Å². The normalized spacial score (nSPS) is 10.6. The van der Waals surface area contributed by atoms with E-state index in [1.165, 1.54) is 11.1 Å². The number of amidine groups is 1. The molecule has 26 heavy (non-hydrogen) atoms. The van der Waals surface area contributed by atoms with Gasteiger partial charge in [0.2, 0.25) is 0 Å². The lowest BCUT2D eigenvalue weighted by atomic mass is 10.00. The summed E-state index contributed by atoms with van der Waals surface area (Å²) in [5.74, 6) is -0.351. The molecule has 0 fully saturated rings. The quantitative estimate of drug-likeness (QED) is 0.450. The zero-order chi connectivity index (χ0) is 18.5. The molecular formula is C21H20N2O3. The molecule has 0 aliphatic rings. The van der Waals surface area contributed by atoms with Gasteiger partial charge in [-0.3, -0.25) is 5.41 Å². The third kappa shape index (κ3) is 4.39. The lowest BCUT2D eigenvalue weighted by Gasteiger charge is -2.07. The Bertz CT molecular complexity index is 949. The zero-order valence-corrected chi connectivity index (χ0v) is 14.2. The predicted octanol–water partition coefficient (Wildman–Crippen LogP) is 3.37.